The maximum Gasteiger partial charge on any atom is 0.150 e. The molecule has 1 saturated heterocycles. The molecule has 0 aliphatic carbocycles. The molecule has 0 bridgehead atoms. The van der Waals surface area contributed by atoms with Crippen molar-refractivity contribution in [3.05, 3.63) is 28.2 Å². The van der Waals surface area contributed by atoms with Crippen LogP contribution in [0.2, 0.25) is 0 Å². The molecule has 0 saturated carbocycles. The first-order valence-corrected chi connectivity index (χ1v) is 6.03. The number of benzene rings is 1. The van der Waals surface area contributed by atoms with Gasteiger partial charge in [-0.15, -0.1) is 0 Å². The molecule has 1 unspecified atom stereocenters. The largest absolute Gasteiger partial charge is 0.368 e. The Morgan fingerprint density at radius 1 is 1.53 bits per heavy atom. The lowest BCUT2D eigenvalue weighted by atomic mass is 10.2. The summed E-state index contributed by atoms with van der Waals surface area (Å²) in [7, 11) is 0. The number of carbonyl (C=O) groups is 1. The van der Waals surface area contributed by atoms with Crippen LogP contribution in [-0.2, 0) is 0 Å². The highest BCUT2D eigenvalue weighted by atomic mass is 79.9. The summed E-state index contributed by atoms with van der Waals surface area (Å²) < 4.78 is 1.01. The number of nitrogens with zero attached hydrogens (tertiary/aromatic N) is 1. The van der Waals surface area contributed by atoms with Crippen LogP contribution in [0.5, 0.6) is 0 Å². The highest BCUT2D eigenvalue weighted by Crippen LogP contribution is 2.32. The number of hydrogen-bond donors (Lipinski definition) is 0. The molecule has 1 heterocycles. The van der Waals surface area contributed by atoms with Gasteiger partial charge in [-0.3, -0.25) is 4.79 Å². The van der Waals surface area contributed by atoms with Crippen LogP contribution < -0.4 is 4.90 Å². The third-order valence-electron chi connectivity index (χ3n) is 2.97. The van der Waals surface area contributed by atoms with E-state index in [1.165, 1.54) is 18.5 Å². The lowest BCUT2D eigenvalue weighted by Crippen LogP contribution is -2.26. The fourth-order valence-corrected chi connectivity index (χ4v) is 2.74. The summed E-state index contributed by atoms with van der Waals surface area (Å²) in [4.78, 5) is 13.0. The van der Waals surface area contributed by atoms with E-state index in [1.807, 2.05) is 18.2 Å². The molecule has 1 aromatic rings. The van der Waals surface area contributed by atoms with Crippen molar-refractivity contribution in [2.24, 2.45) is 0 Å². The van der Waals surface area contributed by atoms with Crippen molar-refractivity contribution in [1.29, 1.82) is 0 Å². The van der Waals surface area contributed by atoms with Crippen molar-refractivity contribution in [2.45, 2.75) is 25.8 Å². The van der Waals surface area contributed by atoms with Crippen LogP contribution in [0.4, 0.5) is 5.69 Å². The first-order chi connectivity index (χ1) is 7.22. The summed E-state index contributed by atoms with van der Waals surface area (Å²) in [5.74, 6) is 0. The number of aldehydes is 1. The Labute approximate surface area is 98.4 Å². The Balaban J connectivity index is 2.32. The molecule has 1 aliphatic rings. The van der Waals surface area contributed by atoms with Crippen LogP contribution in [0.3, 0.4) is 0 Å². The van der Waals surface area contributed by atoms with Crippen LogP contribution in [-0.4, -0.2) is 18.9 Å². The predicted molar refractivity (Wildman–Crippen MR) is 65.6 cm³/mol. The predicted octanol–water partition coefficient (Wildman–Crippen LogP) is 3.25. The van der Waals surface area contributed by atoms with Gasteiger partial charge in [-0.25, -0.2) is 0 Å². The average molecular weight is 268 g/mol. The SMILES string of the molecule is CC1CCCN1c1ccc(C=O)cc1Br. The fourth-order valence-electron chi connectivity index (χ4n) is 2.12. The third-order valence-corrected chi connectivity index (χ3v) is 3.61. The van der Waals surface area contributed by atoms with Crippen molar-refractivity contribution < 1.29 is 4.79 Å². The smallest absolute Gasteiger partial charge is 0.150 e. The van der Waals surface area contributed by atoms with Gasteiger partial charge >= 0.3 is 0 Å². The molecule has 1 aliphatic heterocycles. The van der Waals surface area contributed by atoms with E-state index < -0.39 is 0 Å². The molecular formula is C12H14BrNO. The second-order valence-corrected chi connectivity index (χ2v) is 4.87. The zero-order valence-corrected chi connectivity index (χ0v) is 10.3. The molecule has 1 aromatic carbocycles. The van der Waals surface area contributed by atoms with Gasteiger partial charge in [0, 0.05) is 22.6 Å². The van der Waals surface area contributed by atoms with Gasteiger partial charge in [-0.2, -0.15) is 0 Å². The fraction of sp³-hybridized carbons (Fsp3) is 0.417. The highest BCUT2D eigenvalue weighted by Gasteiger charge is 2.21. The molecule has 0 amide bonds. The maximum atomic E-state index is 10.6. The topological polar surface area (TPSA) is 20.3 Å². The Morgan fingerprint density at radius 2 is 2.33 bits per heavy atom. The molecule has 2 rings (SSSR count). The van der Waals surface area contributed by atoms with E-state index in [1.54, 1.807) is 0 Å². The van der Waals surface area contributed by atoms with Gasteiger partial charge in [-0.1, -0.05) is 0 Å². The van der Waals surface area contributed by atoms with Gasteiger partial charge in [0.15, 0.2) is 0 Å². The van der Waals surface area contributed by atoms with Crippen LogP contribution in [0.1, 0.15) is 30.1 Å². The van der Waals surface area contributed by atoms with Gasteiger partial charge in [0.2, 0.25) is 0 Å². The quantitative estimate of drug-likeness (QED) is 0.767. The van der Waals surface area contributed by atoms with E-state index in [-0.39, 0.29) is 0 Å². The van der Waals surface area contributed by atoms with E-state index in [9.17, 15) is 4.79 Å². The summed E-state index contributed by atoms with van der Waals surface area (Å²) in [6.07, 6.45) is 3.38. The van der Waals surface area contributed by atoms with E-state index >= 15 is 0 Å². The Kier molecular flexibility index (Phi) is 3.10. The lowest BCUT2D eigenvalue weighted by molar-refractivity contribution is 0.112. The highest BCUT2D eigenvalue weighted by molar-refractivity contribution is 9.10. The molecule has 1 atom stereocenters. The third kappa shape index (κ3) is 2.07. The van der Waals surface area contributed by atoms with Gasteiger partial charge < -0.3 is 4.90 Å². The van der Waals surface area contributed by atoms with Gasteiger partial charge in [-0.05, 0) is 53.9 Å². The van der Waals surface area contributed by atoms with Crippen LogP contribution in [0, 0.1) is 0 Å². The van der Waals surface area contributed by atoms with E-state index in [2.05, 4.69) is 27.8 Å². The zero-order valence-electron chi connectivity index (χ0n) is 8.74. The summed E-state index contributed by atoms with van der Waals surface area (Å²) >= 11 is 3.52. The molecular weight excluding hydrogens is 254 g/mol. The first-order valence-electron chi connectivity index (χ1n) is 5.24. The van der Waals surface area contributed by atoms with Crippen molar-refractivity contribution in [1.82, 2.24) is 0 Å². The molecule has 3 heteroatoms. The Bertz CT molecular complexity index is 378. The van der Waals surface area contributed by atoms with E-state index in [0.717, 1.165) is 22.9 Å². The summed E-state index contributed by atoms with van der Waals surface area (Å²) in [5, 5.41) is 0. The normalized spacial score (nSPS) is 20.7. The van der Waals surface area contributed by atoms with E-state index in [4.69, 9.17) is 0 Å². The minimum absolute atomic E-state index is 0.600. The molecule has 80 valence electrons. The van der Waals surface area contributed by atoms with Gasteiger partial charge in [0.1, 0.15) is 6.29 Å². The number of halogens is 1. The maximum absolute atomic E-state index is 10.6. The number of rotatable bonds is 2. The molecule has 0 radical (unpaired) electrons. The molecule has 1 fully saturated rings. The molecule has 0 aromatic heterocycles. The second kappa shape index (κ2) is 4.35. The van der Waals surface area contributed by atoms with Crippen LogP contribution in [0.15, 0.2) is 22.7 Å². The van der Waals surface area contributed by atoms with E-state index in [0.29, 0.717) is 6.04 Å². The summed E-state index contributed by atoms with van der Waals surface area (Å²) in [6, 6.07) is 6.38. The molecule has 0 N–H and O–H groups in total. The number of carbonyl (C=O) groups excluding carboxylic acids is 1. The van der Waals surface area contributed by atoms with Crippen molar-refractivity contribution in [3.63, 3.8) is 0 Å². The number of hydrogen-bond acceptors (Lipinski definition) is 2. The van der Waals surface area contributed by atoms with Gasteiger partial charge in [0.05, 0.1) is 5.69 Å². The minimum atomic E-state index is 0.600. The Morgan fingerprint density at radius 3 is 2.87 bits per heavy atom. The summed E-state index contributed by atoms with van der Waals surface area (Å²) in [5.41, 5.74) is 1.92. The standard InChI is InChI=1S/C12H14BrNO/c1-9-3-2-6-14(9)12-5-4-10(8-15)7-11(12)13/h4-5,7-9H,2-3,6H2,1H3. The van der Waals surface area contributed by atoms with Crippen LogP contribution in [0.25, 0.3) is 0 Å². The first kappa shape index (κ1) is 10.7. The molecule has 15 heavy (non-hydrogen) atoms. The minimum Gasteiger partial charge on any atom is -0.368 e. The second-order valence-electron chi connectivity index (χ2n) is 4.01. The van der Waals surface area contributed by atoms with Crippen molar-refractivity contribution >= 4 is 27.9 Å². The van der Waals surface area contributed by atoms with Crippen molar-refractivity contribution in [3.8, 4) is 0 Å². The zero-order chi connectivity index (χ0) is 10.8. The van der Waals surface area contributed by atoms with Crippen molar-refractivity contribution in [2.75, 3.05) is 11.4 Å². The molecule has 2 nitrogen and oxygen atoms in total. The Hall–Kier alpha value is -0.830. The number of anilines is 1. The average Bonchev–Trinajstić information content (AvgIpc) is 2.64. The molecule has 0 spiro atoms. The van der Waals surface area contributed by atoms with Gasteiger partial charge in [0.25, 0.3) is 0 Å². The monoisotopic (exact) mass is 267 g/mol. The lowest BCUT2D eigenvalue weighted by Gasteiger charge is -2.25. The summed E-state index contributed by atoms with van der Waals surface area (Å²) in [6.45, 7) is 3.35. The van der Waals surface area contributed by atoms with Crippen LogP contribution >= 0.6 is 15.9 Å².